The number of halogens is 1. The summed E-state index contributed by atoms with van der Waals surface area (Å²) in [6.45, 7) is 18.2. The Morgan fingerprint density at radius 3 is 1.17 bits per heavy atom. The number of nitrogens with one attached hydrogen (secondary N) is 4. The SMILES string of the molecule is CC(C)(C)OC(=O)NCc1ccc(N)cc1.Cc1nc2ccccc2n1-c1cncc(Cl)n1.Cc1nc2ccccc2n1-c1cncc(Nc2ccc(CN)cc2)n1.Cc1nc2ccccc2n1-c1cncc(Nc2ccc(CNC(=O)OC(C)(C)C)cc2)n1. The van der Waals surface area contributed by atoms with E-state index in [9.17, 15) is 9.59 Å². The summed E-state index contributed by atoms with van der Waals surface area (Å²) in [5.41, 5.74) is 21.5. The van der Waals surface area contributed by atoms with Crippen molar-refractivity contribution in [1.82, 2.24) is 69.2 Å². The van der Waals surface area contributed by atoms with Gasteiger partial charge in [0.1, 0.15) is 33.8 Å². The third-order valence-corrected chi connectivity index (χ3v) is 13.2. The Bertz CT molecular complexity index is 4380. The van der Waals surface area contributed by atoms with Gasteiger partial charge in [0.2, 0.25) is 0 Å². The summed E-state index contributed by atoms with van der Waals surface area (Å²) >= 11 is 5.86. The van der Waals surface area contributed by atoms with Crippen LogP contribution in [0, 0.1) is 20.8 Å². The predicted molar refractivity (Wildman–Crippen MR) is 354 cm³/mol. The molecule has 0 bridgehead atoms. The monoisotopic (exact) mass is 1230 g/mol. The van der Waals surface area contributed by atoms with Gasteiger partial charge in [-0.2, -0.15) is 0 Å². The van der Waals surface area contributed by atoms with Gasteiger partial charge in [-0.05, 0) is 152 Å². The first-order chi connectivity index (χ1) is 43.1. The number of carbonyl (C=O) groups excluding carboxylic acids is 2. The van der Waals surface area contributed by atoms with Crippen molar-refractivity contribution in [1.29, 1.82) is 0 Å². The van der Waals surface area contributed by atoms with E-state index in [0.29, 0.717) is 53.7 Å². The van der Waals surface area contributed by atoms with Crippen LogP contribution in [-0.4, -0.2) is 81.9 Å². The Hall–Kier alpha value is -10.8. The molecule has 6 aromatic heterocycles. The highest BCUT2D eigenvalue weighted by molar-refractivity contribution is 6.29. The van der Waals surface area contributed by atoms with Crippen molar-refractivity contribution in [2.45, 2.75) is 93.2 Å². The quantitative estimate of drug-likeness (QED) is 0.0620. The molecule has 0 atom stereocenters. The lowest BCUT2D eigenvalue weighted by Crippen LogP contribution is -2.32. The molecule has 6 aromatic carbocycles. The Kier molecular flexibility index (Phi) is 20.4. The van der Waals surface area contributed by atoms with Gasteiger partial charge < -0.3 is 42.2 Å². The van der Waals surface area contributed by atoms with Crippen LogP contribution in [0.5, 0.6) is 0 Å². The summed E-state index contributed by atoms with van der Waals surface area (Å²) in [6, 6.07) is 46.8. The van der Waals surface area contributed by atoms with Crippen LogP contribution in [-0.2, 0) is 29.1 Å². The van der Waals surface area contributed by atoms with E-state index in [1.165, 1.54) is 6.20 Å². The third-order valence-electron chi connectivity index (χ3n) is 13.0. The van der Waals surface area contributed by atoms with Crippen molar-refractivity contribution in [2.24, 2.45) is 5.73 Å². The van der Waals surface area contributed by atoms with E-state index in [4.69, 9.17) is 37.5 Å². The van der Waals surface area contributed by atoms with Crippen molar-refractivity contribution >= 4 is 85.6 Å². The second kappa shape index (κ2) is 28.8. The molecule has 23 heteroatoms. The summed E-state index contributed by atoms with van der Waals surface area (Å²) in [5, 5.41) is 12.4. The lowest BCUT2D eigenvalue weighted by molar-refractivity contribution is 0.0512. The number of anilines is 5. The minimum atomic E-state index is -0.519. The van der Waals surface area contributed by atoms with Crippen LogP contribution < -0.4 is 32.7 Å². The van der Waals surface area contributed by atoms with E-state index >= 15 is 0 Å². The largest absolute Gasteiger partial charge is 0.444 e. The van der Waals surface area contributed by atoms with Gasteiger partial charge in [-0.1, -0.05) is 84.4 Å². The minimum absolute atomic E-state index is 0.375. The molecule has 0 spiro atoms. The number of nitrogens with two attached hydrogens (primary N) is 2. The number of amides is 2. The molecule has 6 heterocycles. The average Bonchev–Trinajstić information content (AvgIpc) is 1.75. The number of para-hydroxylation sites is 6. The maximum absolute atomic E-state index is 11.8. The predicted octanol–water partition coefficient (Wildman–Crippen LogP) is 13.3. The highest BCUT2D eigenvalue weighted by Gasteiger charge is 2.18. The van der Waals surface area contributed by atoms with E-state index in [1.54, 1.807) is 43.1 Å². The Morgan fingerprint density at radius 1 is 0.456 bits per heavy atom. The topological polar surface area (TPSA) is 284 Å². The number of nitrogens with zero attached hydrogens (tertiary/aromatic N) is 12. The van der Waals surface area contributed by atoms with Crippen molar-refractivity contribution in [3.63, 3.8) is 0 Å². The number of rotatable bonds is 12. The van der Waals surface area contributed by atoms with Crippen LogP contribution in [0.15, 0.2) is 183 Å². The fraction of sp³-hybridized carbons (Fsp3) is 0.209. The smallest absolute Gasteiger partial charge is 0.407 e. The van der Waals surface area contributed by atoms with E-state index in [-0.39, 0.29) is 0 Å². The Labute approximate surface area is 526 Å². The minimum Gasteiger partial charge on any atom is -0.444 e. The Balaban J connectivity index is 0.000000148. The molecule has 0 fully saturated rings. The molecule has 12 aromatic rings. The molecule has 0 unspecified atom stereocenters. The van der Waals surface area contributed by atoms with Crippen LogP contribution in [0.2, 0.25) is 5.15 Å². The maximum atomic E-state index is 11.8. The molecule has 12 rings (SSSR count). The van der Waals surface area contributed by atoms with Gasteiger partial charge in [0.25, 0.3) is 0 Å². The lowest BCUT2D eigenvalue weighted by Gasteiger charge is -2.19. The number of aryl methyl sites for hydroxylation is 3. The van der Waals surface area contributed by atoms with Crippen LogP contribution in [0.1, 0.15) is 75.7 Å². The molecule has 0 radical (unpaired) electrons. The molecule has 2 amide bonds. The zero-order valence-electron chi connectivity index (χ0n) is 51.5. The molecule has 0 aliphatic heterocycles. The number of carbonyl (C=O) groups is 2. The normalized spacial score (nSPS) is 11.1. The van der Waals surface area contributed by atoms with Crippen LogP contribution >= 0.6 is 11.6 Å². The molecule has 8 N–H and O–H groups in total. The van der Waals surface area contributed by atoms with E-state index in [2.05, 4.69) is 61.1 Å². The fourth-order valence-electron chi connectivity index (χ4n) is 9.13. The maximum Gasteiger partial charge on any atom is 0.407 e. The lowest BCUT2D eigenvalue weighted by atomic mass is 10.2. The standard InChI is InChI=1S/C24H26N6O2.C19H18N6.C12H9ClN4.C12H18N2O2/c1-16-27-19-7-5-6-8-20(19)30(16)22-15-25-14-21(29-22)28-18-11-9-17(10-12-18)13-26-23(31)32-24(2,3)4;1-13-22-16-4-2-3-5-17(16)25(13)19-12-21-11-18(24-19)23-15-8-6-14(10-20)7-9-15;1-8-15-9-4-2-3-5-10(9)17(8)12-7-14-6-11(13)16-12;1-12(2,3)16-11(15)14-8-9-4-6-10(13)7-5-9/h5-12,14-15H,13H2,1-4H3,(H,26,31)(H,28,29);2-9,11-12H,10,20H2,1H3,(H,23,24);2-7H,1H3;4-7H,8,13H2,1-3H3,(H,14,15). The highest BCUT2D eigenvalue weighted by atomic mass is 35.5. The molecule has 90 heavy (non-hydrogen) atoms. The van der Waals surface area contributed by atoms with E-state index in [1.807, 2.05) is 209 Å². The first-order valence-corrected chi connectivity index (χ1v) is 29.2. The van der Waals surface area contributed by atoms with Crippen molar-refractivity contribution in [3.05, 3.63) is 222 Å². The van der Waals surface area contributed by atoms with Gasteiger partial charge in [-0.15, -0.1) is 0 Å². The van der Waals surface area contributed by atoms with Gasteiger partial charge in [-0.3, -0.25) is 28.7 Å². The first kappa shape index (κ1) is 63.7. The number of benzene rings is 6. The molecule has 0 aliphatic carbocycles. The summed E-state index contributed by atoms with van der Waals surface area (Å²) in [7, 11) is 0. The number of alkyl carbamates (subject to hydrolysis) is 2. The zero-order valence-corrected chi connectivity index (χ0v) is 52.2. The third kappa shape index (κ3) is 17.4. The van der Waals surface area contributed by atoms with Crippen molar-refractivity contribution in [3.8, 4) is 17.5 Å². The Morgan fingerprint density at radius 2 is 0.800 bits per heavy atom. The van der Waals surface area contributed by atoms with E-state index in [0.717, 1.165) is 84.5 Å². The fourth-order valence-corrected chi connectivity index (χ4v) is 9.28. The first-order valence-electron chi connectivity index (χ1n) is 28.8. The molecule has 0 aliphatic rings. The van der Waals surface area contributed by atoms with Crippen molar-refractivity contribution in [2.75, 3.05) is 16.4 Å². The van der Waals surface area contributed by atoms with Crippen LogP contribution in [0.4, 0.5) is 38.3 Å². The molecular weight excluding hydrogens is 1160 g/mol. The summed E-state index contributed by atoms with van der Waals surface area (Å²) in [5.74, 6) is 5.99. The summed E-state index contributed by atoms with van der Waals surface area (Å²) in [4.78, 5) is 63.2. The number of aromatic nitrogens is 12. The molecule has 0 saturated carbocycles. The molecule has 460 valence electrons. The highest BCUT2D eigenvalue weighted by Crippen LogP contribution is 2.25. The van der Waals surface area contributed by atoms with Crippen LogP contribution in [0.3, 0.4) is 0 Å². The molecule has 0 saturated heterocycles. The number of hydrogen-bond donors (Lipinski definition) is 6. The second-order valence-electron chi connectivity index (χ2n) is 22.5. The van der Waals surface area contributed by atoms with Gasteiger partial charge in [0.05, 0.1) is 70.3 Å². The van der Waals surface area contributed by atoms with Gasteiger partial charge in [0, 0.05) is 36.7 Å². The summed E-state index contributed by atoms with van der Waals surface area (Å²) in [6.07, 6.45) is 9.18. The van der Waals surface area contributed by atoms with E-state index < -0.39 is 23.4 Å². The number of hydrogen-bond acceptors (Lipinski definition) is 17. The number of imidazole rings is 3. The molecule has 22 nitrogen and oxygen atoms in total. The second-order valence-corrected chi connectivity index (χ2v) is 22.9. The van der Waals surface area contributed by atoms with Crippen molar-refractivity contribution < 1.29 is 19.1 Å². The number of ether oxygens (including phenoxy) is 2. The zero-order chi connectivity index (χ0) is 64.0. The van der Waals surface area contributed by atoms with Crippen LogP contribution in [0.25, 0.3) is 50.6 Å². The molecular formula is C67H71ClN18O4. The number of nitrogen functional groups attached to an aromatic ring is 1. The average molecular weight is 1230 g/mol. The van der Waals surface area contributed by atoms with Gasteiger partial charge in [-0.25, -0.2) is 39.5 Å². The summed E-state index contributed by atoms with van der Waals surface area (Å²) < 4.78 is 16.3. The van der Waals surface area contributed by atoms with Gasteiger partial charge in [0.15, 0.2) is 29.1 Å². The number of fused-ring (bicyclic) bond motifs is 3. The van der Waals surface area contributed by atoms with Gasteiger partial charge >= 0.3 is 12.2 Å².